The molecule has 0 aliphatic heterocycles. The first-order chi connectivity index (χ1) is 15.8. The highest BCUT2D eigenvalue weighted by atomic mass is 79.9. The van der Waals surface area contributed by atoms with E-state index in [1.807, 2.05) is 0 Å². The van der Waals surface area contributed by atoms with Gasteiger partial charge >= 0.3 is 5.97 Å². The Kier molecular flexibility index (Phi) is 8.54. The molecule has 0 bridgehead atoms. The van der Waals surface area contributed by atoms with Gasteiger partial charge in [-0.3, -0.25) is 9.36 Å². The van der Waals surface area contributed by atoms with E-state index in [1.165, 1.54) is 23.9 Å². The monoisotopic (exact) mass is 550 g/mol. The van der Waals surface area contributed by atoms with Gasteiger partial charge in [0, 0.05) is 16.7 Å². The second-order valence-corrected chi connectivity index (χ2v) is 8.88. The Morgan fingerprint density at radius 3 is 2.82 bits per heavy atom. The third-order valence-electron chi connectivity index (χ3n) is 4.31. The Bertz CT molecular complexity index is 1200. The van der Waals surface area contributed by atoms with Crippen molar-refractivity contribution in [1.29, 1.82) is 0 Å². The Labute approximate surface area is 208 Å². The standard InChI is InChI=1S/C22H20BrClN4O4S/c1-3-9-28-20(16-10-13(23)5-8-18(16)29)26-27-22(28)33-12-19(30)25-14-6-7-17(24)15(11-14)21(31)32-4-2/h3,5-8,10-11,29H,1,4,9,12H2,2H3,(H,25,30). The van der Waals surface area contributed by atoms with Gasteiger partial charge in [0.05, 0.1) is 28.5 Å². The summed E-state index contributed by atoms with van der Waals surface area (Å²) in [5.41, 5.74) is 1.09. The van der Waals surface area contributed by atoms with Crippen molar-refractivity contribution in [2.24, 2.45) is 0 Å². The number of phenols is 1. The Morgan fingerprint density at radius 1 is 1.30 bits per heavy atom. The van der Waals surface area contributed by atoms with Gasteiger partial charge in [0.15, 0.2) is 11.0 Å². The smallest absolute Gasteiger partial charge is 0.339 e. The van der Waals surface area contributed by atoms with Crippen LogP contribution in [0.25, 0.3) is 11.4 Å². The zero-order chi connectivity index (χ0) is 24.0. The van der Waals surface area contributed by atoms with Crippen LogP contribution in [0.3, 0.4) is 0 Å². The second-order valence-electron chi connectivity index (χ2n) is 6.62. The molecule has 172 valence electrons. The van der Waals surface area contributed by atoms with Crippen LogP contribution in [0.1, 0.15) is 17.3 Å². The van der Waals surface area contributed by atoms with E-state index in [0.29, 0.717) is 28.8 Å². The van der Waals surface area contributed by atoms with E-state index in [0.717, 1.165) is 4.47 Å². The molecule has 3 aromatic rings. The fraction of sp³-hybridized carbons (Fsp3) is 0.182. The molecule has 1 amide bonds. The molecular weight excluding hydrogens is 532 g/mol. The van der Waals surface area contributed by atoms with Crippen LogP contribution in [0.2, 0.25) is 5.02 Å². The molecule has 0 saturated carbocycles. The zero-order valence-electron chi connectivity index (χ0n) is 17.5. The molecule has 1 heterocycles. The van der Waals surface area contributed by atoms with Gasteiger partial charge in [-0.1, -0.05) is 45.4 Å². The minimum Gasteiger partial charge on any atom is -0.507 e. The van der Waals surface area contributed by atoms with Crippen LogP contribution < -0.4 is 5.32 Å². The van der Waals surface area contributed by atoms with Crippen LogP contribution in [0, 0.1) is 0 Å². The van der Waals surface area contributed by atoms with Gasteiger partial charge in [-0.25, -0.2) is 4.79 Å². The number of benzene rings is 2. The quantitative estimate of drug-likeness (QED) is 0.215. The predicted molar refractivity (Wildman–Crippen MR) is 132 cm³/mol. The van der Waals surface area contributed by atoms with E-state index in [-0.39, 0.29) is 34.6 Å². The lowest BCUT2D eigenvalue weighted by molar-refractivity contribution is -0.113. The highest BCUT2D eigenvalue weighted by molar-refractivity contribution is 9.10. The van der Waals surface area contributed by atoms with Crippen molar-refractivity contribution in [1.82, 2.24) is 14.8 Å². The molecular formula is C22H20BrClN4O4S. The van der Waals surface area contributed by atoms with Crippen LogP contribution in [0.4, 0.5) is 5.69 Å². The van der Waals surface area contributed by atoms with E-state index < -0.39 is 5.97 Å². The van der Waals surface area contributed by atoms with E-state index in [4.69, 9.17) is 16.3 Å². The number of amides is 1. The van der Waals surface area contributed by atoms with Crippen molar-refractivity contribution in [2.75, 3.05) is 17.7 Å². The fourth-order valence-corrected chi connectivity index (χ4v) is 4.17. The van der Waals surface area contributed by atoms with Crippen molar-refractivity contribution < 1.29 is 19.4 Å². The predicted octanol–water partition coefficient (Wildman–Crippen LogP) is 5.16. The third-order valence-corrected chi connectivity index (χ3v) is 6.10. The molecule has 1 aromatic heterocycles. The molecule has 0 saturated heterocycles. The molecule has 2 N–H and O–H groups in total. The first-order valence-corrected chi connectivity index (χ1v) is 11.9. The number of esters is 1. The van der Waals surface area contributed by atoms with Crippen LogP contribution >= 0.6 is 39.3 Å². The number of carbonyl (C=O) groups excluding carboxylic acids is 2. The summed E-state index contributed by atoms with van der Waals surface area (Å²) in [6.45, 7) is 6.06. The largest absolute Gasteiger partial charge is 0.507 e. The minimum absolute atomic E-state index is 0.0388. The van der Waals surface area contributed by atoms with Crippen molar-refractivity contribution in [2.45, 2.75) is 18.6 Å². The zero-order valence-corrected chi connectivity index (χ0v) is 20.7. The highest BCUT2D eigenvalue weighted by Gasteiger charge is 2.18. The van der Waals surface area contributed by atoms with Gasteiger partial charge < -0.3 is 15.2 Å². The number of aromatic hydroxyl groups is 1. The van der Waals surface area contributed by atoms with Gasteiger partial charge in [0.1, 0.15) is 5.75 Å². The van der Waals surface area contributed by atoms with Crippen LogP contribution in [0.5, 0.6) is 5.75 Å². The normalized spacial score (nSPS) is 10.6. The Balaban J connectivity index is 1.74. The SMILES string of the molecule is C=CCn1c(SCC(=O)Nc2ccc(Cl)c(C(=O)OCC)c2)nnc1-c1cc(Br)ccc1O. The number of nitrogens with zero attached hydrogens (tertiary/aromatic N) is 3. The van der Waals surface area contributed by atoms with Gasteiger partial charge in [0.2, 0.25) is 5.91 Å². The molecule has 0 fully saturated rings. The van der Waals surface area contributed by atoms with Gasteiger partial charge in [-0.2, -0.15) is 0 Å². The Hall–Kier alpha value is -2.82. The number of allylic oxidation sites excluding steroid dienone is 1. The van der Waals surface area contributed by atoms with E-state index in [9.17, 15) is 14.7 Å². The number of anilines is 1. The number of nitrogens with one attached hydrogen (secondary N) is 1. The van der Waals surface area contributed by atoms with Crippen molar-refractivity contribution >= 4 is 56.9 Å². The van der Waals surface area contributed by atoms with E-state index in [1.54, 1.807) is 41.8 Å². The van der Waals surface area contributed by atoms with Gasteiger partial charge in [-0.15, -0.1) is 16.8 Å². The molecule has 0 spiro atoms. The topological polar surface area (TPSA) is 106 Å². The van der Waals surface area contributed by atoms with Crippen LogP contribution in [-0.2, 0) is 16.1 Å². The van der Waals surface area contributed by atoms with Gasteiger partial charge in [0.25, 0.3) is 0 Å². The average molecular weight is 552 g/mol. The number of ether oxygens (including phenoxy) is 1. The molecule has 0 aliphatic carbocycles. The number of halogens is 2. The summed E-state index contributed by atoms with van der Waals surface area (Å²) >= 11 is 10.6. The number of carbonyl (C=O) groups is 2. The molecule has 33 heavy (non-hydrogen) atoms. The molecule has 8 nitrogen and oxygen atoms in total. The molecule has 3 rings (SSSR count). The number of hydrogen-bond donors (Lipinski definition) is 2. The van der Waals surface area contributed by atoms with Crippen LogP contribution in [0.15, 0.2) is 58.7 Å². The summed E-state index contributed by atoms with van der Waals surface area (Å²) in [6.07, 6.45) is 1.68. The number of phenolic OH excluding ortho intramolecular Hbond substituents is 1. The maximum absolute atomic E-state index is 12.5. The van der Waals surface area contributed by atoms with Crippen LogP contribution in [-0.4, -0.2) is 44.1 Å². The lowest BCUT2D eigenvalue weighted by Crippen LogP contribution is -2.15. The second kappa shape index (κ2) is 11.4. The summed E-state index contributed by atoms with van der Waals surface area (Å²) in [5, 5.41) is 22.1. The number of rotatable bonds is 9. The third kappa shape index (κ3) is 6.16. The maximum Gasteiger partial charge on any atom is 0.339 e. The van der Waals surface area contributed by atoms with E-state index >= 15 is 0 Å². The molecule has 0 aliphatic rings. The molecule has 0 radical (unpaired) electrons. The minimum atomic E-state index is -0.561. The summed E-state index contributed by atoms with van der Waals surface area (Å²) in [6, 6.07) is 9.61. The lowest BCUT2D eigenvalue weighted by Gasteiger charge is -2.10. The Morgan fingerprint density at radius 2 is 2.09 bits per heavy atom. The number of thioether (sulfide) groups is 1. The summed E-state index contributed by atoms with van der Waals surface area (Å²) < 4.78 is 7.52. The van der Waals surface area contributed by atoms with Crippen molar-refractivity contribution in [3.05, 3.63) is 64.1 Å². The summed E-state index contributed by atoms with van der Waals surface area (Å²) in [4.78, 5) is 24.5. The summed E-state index contributed by atoms with van der Waals surface area (Å²) in [7, 11) is 0. The maximum atomic E-state index is 12.5. The van der Waals surface area contributed by atoms with Crippen molar-refractivity contribution in [3.8, 4) is 17.1 Å². The molecule has 0 atom stereocenters. The lowest BCUT2D eigenvalue weighted by atomic mass is 10.2. The molecule has 2 aromatic carbocycles. The first kappa shape index (κ1) is 24.8. The fourth-order valence-electron chi connectivity index (χ4n) is 2.87. The average Bonchev–Trinajstić information content (AvgIpc) is 3.18. The highest BCUT2D eigenvalue weighted by Crippen LogP contribution is 2.33. The first-order valence-electron chi connectivity index (χ1n) is 9.76. The number of hydrogen-bond acceptors (Lipinski definition) is 7. The van der Waals surface area contributed by atoms with Gasteiger partial charge in [-0.05, 0) is 43.3 Å². The number of aromatic nitrogens is 3. The summed E-state index contributed by atoms with van der Waals surface area (Å²) in [5.74, 6) is -0.318. The van der Waals surface area contributed by atoms with E-state index in [2.05, 4.69) is 38.0 Å². The van der Waals surface area contributed by atoms with Crippen molar-refractivity contribution in [3.63, 3.8) is 0 Å². The molecule has 11 heteroatoms. The molecule has 0 unspecified atom stereocenters.